The van der Waals surface area contributed by atoms with E-state index in [1.165, 1.54) is 0 Å². The smallest absolute Gasteiger partial charge is 0.250 e. The Hall–Kier alpha value is -1.42. The van der Waals surface area contributed by atoms with Crippen LogP contribution < -0.4 is 5.73 Å². The first-order valence-electron chi connectivity index (χ1n) is 5.13. The molecular weight excluding hydrogens is 192 g/mol. The van der Waals surface area contributed by atoms with Crippen molar-refractivity contribution in [2.45, 2.75) is 31.3 Å². The quantitative estimate of drug-likeness (QED) is 0.751. The number of hydrogen-bond acceptors (Lipinski definition) is 3. The van der Waals surface area contributed by atoms with Crippen molar-refractivity contribution < 1.29 is 9.90 Å². The van der Waals surface area contributed by atoms with E-state index in [1.54, 1.807) is 18.3 Å². The highest BCUT2D eigenvalue weighted by atomic mass is 16.3. The van der Waals surface area contributed by atoms with E-state index in [4.69, 9.17) is 5.73 Å². The molecule has 0 unspecified atom stereocenters. The van der Waals surface area contributed by atoms with Crippen LogP contribution in [0.2, 0.25) is 0 Å². The summed E-state index contributed by atoms with van der Waals surface area (Å²) < 4.78 is 0. The van der Waals surface area contributed by atoms with Crippen LogP contribution in [0.1, 0.15) is 41.2 Å². The second-order valence-corrected chi connectivity index (χ2v) is 3.91. The zero-order valence-corrected chi connectivity index (χ0v) is 8.39. The Bertz CT molecular complexity index is 379. The van der Waals surface area contributed by atoms with E-state index in [0.29, 0.717) is 11.3 Å². The van der Waals surface area contributed by atoms with Crippen molar-refractivity contribution in [2.24, 2.45) is 5.73 Å². The third kappa shape index (κ3) is 1.85. The van der Waals surface area contributed by atoms with Crippen molar-refractivity contribution >= 4 is 5.91 Å². The molecule has 0 radical (unpaired) electrons. The van der Waals surface area contributed by atoms with Gasteiger partial charge in [-0.05, 0) is 25.0 Å². The lowest BCUT2D eigenvalue weighted by molar-refractivity contribution is 0.0996. The molecule has 1 fully saturated rings. The Labute approximate surface area is 88.1 Å². The number of amides is 1. The summed E-state index contributed by atoms with van der Waals surface area (Å²) >= 11 is 0. The summed E-state index contributed by atoms with van der Waals surface area (Å²) in [5.41, 5.74) is 6.35. The number of carbonyl (C=O) groups is 1. The number of primary amides is 1. The van der Waals surface area contributed by atoms with Gasteiger partial charge in [-0.3, -0.25) is 9.78 Å². The Morgan fingerprint density at radius 1 is 1.53 bits per heavy atom. The van der Waals surface area contributed by atoms with Gasteiger partial charge in [0, 0.05) is 12.1 Å². The molecule has 80 valence electrons. The lowest BCUT2D eigenvalue weighted by Crippen LogP contribution is -2.20. The van der Waals surface area contributed by atoms with Crippen LogP contribution in [-0.2, 0) is 0 Å². The molecule has 3 N–H and O–H groups in total. The summed E-state index contributed by atoms with van der Waals surface area (Å²) in [4.78, 5) is 15.4. The second-order valence-electron chi connectivity index (χ2n) is 3.91. The molecule has 2 rings (SSSR count). The molecule has 4 heteroatoms. The lowest BCUT2D eigenvalue weighted by Gasteiger charge is -2.15. The van der Waals surface area contributed by atoms with Crippen LogP contribution in [0.4, 0.5) is 0 Å². The van der Waals surface area contributed by atoms with Crippen LogP contribution in [0.5, 0.6) is 0 Å². The molecule has 1 heterocycles. The lowest BCUT2D eigenvalue weighted by atomic mass is 9.96. The maximum absolute atomic E-state index is 11.2. The van der Waals surface area contributed by atoms with Gasteiger partial charge in [-0.25, -0.2) is 0 Å². The average Bonchev–Trinajstić information content (AvgIpc) is 2.64. The summed E-state index contributed by atoms with van der Waals surface area (Å²) in [6, 6.07) is 3.35. The Balaban J connectivity index is 2.38. The number of rotatable bonds is 2. The molecule has 1 aromatic heterocycles. The van der Waals surface area contributed by atoms with E-state index >= 15 is 0 Å². The second kappa shape index (κ2) is 3.98. The van der Waals surface area contributed by atoms with Crippen molar-refractivity contribution in [3.63, 3.8) is 0 Å². The summed E-state index contributed by atoms with van der Waals surface area (Å²) in [5.74, 6) is -0.508. The van der Waals surface area contributed by atoms with Crippen LogP contribution in [0.25, 0.3) is 0 Å². The first-order valence-corrected chi connectivity index (χ1v) is 5.13. The largest absolute Gasteiger partial charge is 0.392 e. The minimum Gasteiger partial charge on any atom is -0.392 e. The van der Waals surface area contributed by atoms with Crippen molar-refractivity contribution in [1.82, 2.24) is 4.98 Å². The SMILES string of the molecule is NC(=O)c1cccnc1[C@@H]1CCC[C@@H]1O. The van der Waals surface area contributed by atoms with Crippen LogP contribution in [0, 0.1) is 0 Å². The van der Waals surface area contributed by atoms with Crippen LogP contribution in [0.3, 0.4) is 0 Å². The molecule has 4 nitrogen and oxygen atoms in total. The maximum Gasteiger partial charge on any atom is 0.250 e. The fourth-order valence-corrected chi connectivity index (χ4v) is 2.18. The average molecular weight is 206 g/mol. The molecule has 1 aliphatic rings. The molecule has 1 aromatic rings. The highest BCUT2D eigenvalue weighted by Gasteiger charge is 2.30. The number of nitrogens with zero attached hydrogens (tertiary/aromatic N) is 1. The molecule has 2 atom stereocenters. The molecule has 0 spiro atoms. The van der Waals surface area contributed by atoms with Gasteiger partial charge in [0.25, 0.3) is 5.91 Å². The predicted octanol–water partition coefficient (Wildman–Crippen LogP) is 0.809. The van der Waals surface area contributed by atoms with Gasteiger partial charge in [0.2, 0.25) is 0 Å². The van der Waals surface area contributed by atoms with Gasteiger partial charge in [0.15, 0.2) is 0 Å². The predicted molar refractivity (Wildman–Crippen MR) is 55.4 cm³/mol. The molecular formula is C11H14N2O2. The van der Waals surface area contributed by atoms with Gasteiger partial charge >= 0.3 is 0 Å². The fraction of sp³-hybridized carbons (Fsp3) is 0.455. The van der Waals surface area contributed by atoms with Crippen LogP contribution >= 0.6 is 0 Å². The number of pyridine rings is 1. The minimum atomic E-state index is -0.475. The molecule has 1 amide bonds. The molecule has 0 aromatic carbocycles. The van der Waals surface area contributed by atoms with Gasteiger partial charge in [-0.15, -0.1) is 0 Å². The molecule has 1 aliphatic carbocycles. The van der Waals surface area contributed by atoms with E-state index < -0.39 is 12.0 Å². The summed E-state index contributed by atoms with van der Waals surface area (Å²) in [7, 11) is 0. The van der Waals surface area contributed by atoms with Gasteiger partial charge in [0.1, 0.15) is 0 Å². The number of hydrogen-bond donors (Lipinski definition) is 2. The number of nitrogens with two attached hydrogens (primary N) is 1. The molecule has 15 heavy (non-hydrogen) atoms. The Morgan fingerprint density at radius 3 is 2.93 bits per heavy atom. The minimum absolute atomic E-state index is 0.0336. The zero-order chi connectivity index (χ0) is 10.8. The summed E-state index contributed by atoms with van der Waals surface area (Å²) in [5, 5.41) is 9.76. The first kappa shape index (κ1) is 10.1. The monoisotopic (exact) mass is 206 g/mol. The number of carbonyl (C=O) groups excluding carboxylic acids is 1. The van der Waals surface area contributed by atoms with Gasteiger partial charge in [0.05, 0.1) is 17.4 Å². The van der Waals surface area contributed by atoms with Crippen LogP contribution in [-0.4, -0.2) is 22.1 Å². The number of aliphatic hydroxyl groups excluding tert-OH is 1. The van der Waals surface area contributed by atoms with E-state index in [2.05, 4.69) is 4.98 Å². The number of aromatic nitrogens is 1. The van der Waals surface area contributed by atoms with Gasteiger partial charge in [-0.1, -0.05) is 6.42 Å². The third-order valence-corrected chi connectivity index (χ3v) is 2.93. The highest BCUT2D eigenvalue weighted by molar-refractivity contribution is 5.94. The van der Waals surface area contributed by atoms with Crippen molar-refractivity contribution in [1.29, 1.82) is 0 Å². The fourth-order valence-electron chi connectivity index (χ4n) is 2.18. The highest BCUT2D eigenvalue weighted by Crippen LogP contribution is 2.34. The third-order valence-electron chi connectivity index (χ3n) is 2.93. The summed E-state index contributed by atoms with van der Waals surface area (Å²) in [6.45, 7) is 0. The van der Waals surface area contributed by atoms with Gasteiger partial charge in [-0.2, -0.15) is 0 Å². The molecule has 0 aliphatic heterocycles. The maximum atomic E-state index is 11.2. The molecule has 0 saturated heterocycles. The number of aliphatic hydroxyl groups is 1. The van der Waals surface area contributed by atoms with Crippen molar-refractivity contribution in [2.75, 3.05) is 0 Å². The molecule has 0 bridgehead atoms. The van der Waals surface area contributed by atoms with E-state index in [0.717, 1.165) is 19.3 Å². The first-order chi connectivity index (χ1) is 7.20. The normalized spacial score (nSPS) is 25.4. The zero-order valence-electron chi connectivity index (χ0n) is 8.39. The Kier molecular flexibility index (Phi) is 2.68. The topological polar surface area (TPSA) is 76.2 Å². The van der Waals surface area contributed by atoms with E-state index in [1.807, 2.05) is 0 Å². The van der Waals surface area contributed by atoms with Crippen LogP contribution in [0.15, 0.2) is 18.3 Å². The van der Waals surface area contributed by atoms with E-state index in [9.17, 15) is 9.90 Å². The Morgan fingerprint density at radius 2 is 2.33 bits per heavy atom. The van der Waals surface area contributed by atoms with Gasteiger partial charge < -0.3 is 10.8 Å². The van der Waals surface area contributed by atoms with E-state index in [-0.39, 0.29) is 5.92 Å². The van der Waals surface area contributed by atoms with Crippen molar-refractivity contribution in [3.05, 3.63) is 29.6 Å². The molecule has 1 saturated carbocycles. The summed E-state index contributed by atoms with van der Waals surface area (Å²) in [6.07, 6.45) is 3.86. The van der Waals surface area contributed by atoms with Crippen molar-refractivity contribution in [3.8, 4) is 0 Å². The standard InChI is InChI=1S/C11H14N2O2/c12-11(15)8-4-2-6-13-10(8)7-3-1-5-9(7)14/h2,4,6-7,9,14H,1,3,5H2,(H2,12,15)/t7-,9+/m1/s1.